The van der Waals surface area contributed by atoms with Gasteiger partial charge in [0.05, 0.1) is 12.1 Å². The van der Waals surface area contributed by atoms with Crippen molar-refractivity contribution in [3.8, 4) is 5.75 Å². The molecule has 0 unspecified atom stereocenters. The fraction of sp³-hybridized carbons (Fsp3) is 0.100. The Morgan fingerprint density at radius 1 is 1.00 bits per heavy atom. The van der Waals surface area contributed by atoms with Crippen molar-refractivity contribution in [2.75, 3.05) is 0 Å². The lowest BCUT2D eigenvalue weighted by molar-refractivity contribution is -0.120. The van der Waals surface area contributed by atoms with Gasteiger partial charge in [0, 0.05) is 0 Å². The number of phenols is 1. The second-order valence-corrected chi connectivity index (χ2v) is 5.59. The molecular weight excluding hydrogens is 300 g/mol. The van der Waals surface area contributed by atoms with Crippen LogP contribution in [-0.4, -0.2) is 16.7 Å². The molecule has 1 amide bonds. The number of benzene rings is 3. The number of carbonyl (C=O) groups is 1. The van der Waals surface area contributed by atoms with Gasteiger partial charge in [-0.25, -0.2) is 5.43 Å². The first-order valence-corrected chi connectivity index (χ1v) is 7.72. The zero-order valence-electron chi connectivity index (χ0n) is 13.4. The van der Waals surface area contributed by atoms with Crippen LogP contribution in [0.5, 0.6) is 5.75 Å². The molecule has 0 heterocycles. The first kappa shape index (κ1) is 15.7. The summed E-state index contributed by atoms with van der Waals surface area (Å²) in [5.74, 6) is 0.0380. The molecule has 0 atom stereocenters. The Morgan fingerprint density at radius 3 is 2.50 bits per heavy atom. The lowest BCUT2D eigenvalue weighted by Gasteiger charge is -2.06. The topological polar surface area (TPSA) is 61.7 Å². The van der Waals surface area contributed by atoms with Gasteiger partial charge in [-0.05, 0) is 53.1 Å². The van der Waals surface area contributed by atoms with Crippen molar-refractivity contribution >= 4 is 22.4 Å². The Kier molecular flexibility index (Phi) is 4.57. The summed E-state index contributed by atoms with van der Waals surface area (Å²) in [6.07, 6.45) is 0.272. The molecule has 3 aromatic carbocycles. The van der Waals surface area contributed by atoms with Gasteiger partial charge in [-0.15, -0.1) is 0 Å². The minimum absolute atomic E-state index is 0.163. The van der Waals surface area contributed by atoms with Crippen molar-refractivity contribution in [3.05, 3.63) is 77.9 Å². The number of hydrogen-bond acceptors (Lipinski definition) is 3. The Morgan fingerprint density at radius 2 is 1.71 bits per heavy atom. The van der Waals surface area contributed by atoms with E-state index in [2.05, 4.69) is 10.5 Å². The summed E-state index contributed by atoms with van der Waals surface area (Å²) in [6, 6.07) is 20.6. The average Bonchev–Trinajstić information content (AvgIpc) is 2.61. The maximum absolute atomic E-state index is 12.2. The summed E-state index contributed by atoms with van der Waals surface area (Å²) >= 11 is 0. The second kappa shape index (κ2) is 6.96. The van der Waals surface area contributed by atoms with Crippen LogP contribution in [0.1, 0.15) is 18.1 Å². The summed E-state index contributed by atoms with van der Waals surface area (Å²) in [6.45, 7) is 1.81. The van der Waals surface area contributed by atoms with E-state index in [0.717, 1.165) is 21.9 Å². The van der Waals surface area contributed by atoms with Gasteiger partial charge in [-0.2, -0.15) is 5.10 Å². The fourth-order valence-electron chi connectivity index (χ4n) is 2.57. The van der Waals surface area contributed by atoms with E-state index in [1.54, 1.807) is 24.3 Å². The molecule has 0 radical (unpaired) electrons. The van der Waals surface area contributed by atoms with Crippen LogP contribution < -0.4 is 5.43 Å². The molecule has 0 aliphatic rings. The molecule has 0 aliphatic heterocycles. The normalized spacial score (nSPS) is 11.5. The van der Waals surface area contributed by atoms with Gasteiger partial charge in [0.2, 0.25) is 5.91 Å². The third-order valence-corrected chi connectivity index (χ3v) is 3.86. The summed E-state index contributed by atoms with van der Waals surface area (Å²) in [5, 5.41) is 15.6. The highest BCUT2D eigenvalue weighted by Gasteiger charge is 2.06. The Bertz CT molecular complexity index is 894. The monoisotopic (exact) mass is 318 g/mol. The zero-order chi connectivity index (χ0) is 16.9. The predicted molar refractivity (Wildman–Crippen MR) is 96.1 cm³/mol. The highest BCUT2D eigenvalue weighted by molar-refractivity contribution is 5.99. The molecule has 3 rings (SSSR count). The van der Waals surface area contributed by atoms with Crippen molar-refractivity contribution in [1.82, 2.24) is 5.43 Å². The number of hydrogen-bond donors (Lipinski definition) is 2. The van der Waals surface area contributed by atoms with Gasteiger partial charge in [0.25, 0.3) is 0 Å². The van der Waals surface area contributed by atoms with E-state index in [1.807, 2.05) is 49.4 Å². The molecule has 4 heteroatoms. The first-order valence-electron chi connectivity index (χ1n) is 7.72. The largest absolute Gasteiger partial charge is 0.508 e. The SMILES string of the molecule is C/C(=N/NC(=O)Cc1cccc2ccccc12)c1ccc(O)cc1. The molecule has 24 heavy (non-hydrogen) atoms. The van der Waals surface area contributed by atoms with E-state index >= 15 is 0 Å². The summed E-state index contributed by atoms with van der Waals surface area (Å²) in [5.41, 5.74) is 5.10. The summed E-state index contributed by atoms with van der Waals surface area (Å²) < 4.78 is 0. The number of carbonyl (C=O) groups excluding carboxylic acids is 1. The van der Waals surface area contributed by atoms with Crippen LogP contribution in [0.3, 0.4) is 0 Å². The van der Waals surface area contributed by atoms with Crippen LogP contribution in [0.2, 0.25) is 0 Å². The number of phenolic OH excluding ortho intramolecular Hbond substituents is 1. The van der Waals surface area contributed by atoms with Crippen LogP contribution in [-0.2, 0) is 11.2 Å². The smallest absolute Gasteiger partial charge is 0.244 e. The van der Waals surface area contributed by atoms with Crippen LogP contribution in [0.25, 0.3) is 10.8 Å². The van der Waals surface area contributed by atoms with E-state index in [-0.39, 0.29) is 18.1 Å². The van der Waals surface area contributed by atoms with Gasteiger partial charge in [0.1, 0.15) is 5.75 Å². The van der Waals surface area contributed by atoms with Crippen molar-refractivity contribution in [1.29, 1.82) is 0 Å². The molecule has 4 nitrogen and oxygen atoms in total. The Balaban J connectivity index is 1.71. The molecule has 3 aromatic rings. The molecule has 0 aliphatic carbocycles. The molecule has 0 spiro atoms. The Labute approximate surface area is 140 Å². The number of fused-ring (bicyclic) bond motifs is 1. The molecule has 0 saturated heterocycles. The molecule has 0 saturated carbocycles. The summed E-state index contributed by atoms with van der Waals surface area (Å²) in [7, 11) is 0. The van der Waals surface area contributed by atoms with Crippen LogP contribution in [0.15, 0.2) is 71.8 Å². The van der Waals surface area contributed by atoms with Crippen LogP contribution in [0.4, 0.5) is 0 Å². The number of amides is 1. The minimum Gasteiger partial charge on any atom is -0.508 e. The lowest BCUT2D eigenvalue weighted by atomic mass is 10.0. The van der Waals surface area contributed by atoms with Crippen LogP contribution >= 0.6 is 0 Å². The van der Waals surface area contributed by atoms with E-state index in [1.165, 1.54) is 0 Å². The third kappa shape index (κ3) is 3.60. The molecule has 0 bridgehead atoms. The molecule has 120 valence electrons. The number of nitrogens with zero attached hydrogens (tertiary/aromatic N) is 1. The van der Waals surface area contributed by atoms with Crippen molar-refractivity contribution in [2.45, 2.75) is 13.3 Å². The minimum atomic E-state index is -0.163. The number of rotatable bonds is 4. The van der Waals surface area contributed by atoms with Gasteiger partial charge in [0.15, 0.2) is 0 Å². The number of aromatic hydroxyl groups is 1. The van der Waals surface area contributed by atoms with E-state index in [0.29, 0.717) is 5.71 Å². The van der Waals surface area contributed by atoms with E-state index in [4.69, 9.17) is 0 Å². The van der Waals surface area contributed by atoms with Gasteiger partial charge < -0.3 is 5.11 Å². The molecule has 2 N–H and O–H groups in total. The highest BCUT2D eigenvalue weighted by Crippen LogP contribution is 2.18. The standard InChI is InChI=1S/C20H18N2O2/c1-14(15-9-11-18(23)12-10-15)21-22-20(24)13-17-7-4-6-16-5-2-3-8-19(16)17/h2-12,23H,13H2,1H3,(H,22,24)/b21-14-. The van der Waals surface area contributed by atoms with Crippen LogP contribution in [0, 0.1) is 0 Å². The lowest BCUT2D eigenvalue weighted by Crippen LogP contribution is -2.21. The van der Waals surface area contributed by atoms with Gasteiger partial charge in [-0.1, -0.05) is 42.5 Å². The first-order chi connectivity index (χ1) is 11.6. The van der Waals surface area contributed by atoms with Crippen molar-refractivity contribution in [3.63, 3.8) is 0 Å². The zero-order valence-corrected chi connectivity index (χ0v) is 13.4. The molecule has 0 aromatic heterocycles. The van der Waals surface area contributed by atoms with Crippen molar-refractivity contribution in [2.24, 2.45) is 5.10 Å². The molecular formula is C20H18N2O2. The maximum Gasteiger partial charge on any atom is 0.244 e. The quantitative estimate of drug-likeness (QED) is 0.570. The van der Waals surface area contributed by atoms with Gasteiger partial charge >= 0.3 is 0 Å². The van der Waals surface area contributed by atoms with Gasteiger partial charge in [-0.3, -0.25) is 4.79 Å². The van der Waals surface area contributed by atoms with E-state index in [9.17, 15) is 9.90 Å². The molecule has 0 fully saturated rings. The highest BCUT2D eigenvalue weighted by atomic mass is 16.3. The number of nitrogens with one attached hydrogen (secondary N) is 1. The fourth-order valence-corrected chi connectivity index (χ4v) is 2.57. The second-order valence-electron chi connectivity index (χ2n) is 5.59. The Hall–Kier alpha value is -3.14. The summed E-state index contributed by atoms with van der Waals surface area (Å²) in [4.78, 5) is 12.2. The number of hydrazone groups is 1. The van der Waals surface area contributed by atoms with Crippen molar-refractivity contribution < 1.29 is 9.90 Å². The predicted octanol–water partition coefficient (Wildman–Crippen LogP) is 3.63. The van der Waals surface area contributed by atoms with E-state index < -0.39 is 0 Å². The average molecular weight is 318 g/mol. The third-order valence-electron chi connectivity index (χ3n) is 3.86. The maximum atomic E-state index is 12.2.